The van der Waals surface area contributed by atoms with Crippen molar-refractivity contribution in [3.63, 3.8) is 0 Å². The normalized spacial score (nSPS) is 18.2. The van der Waals surface area contributed by atoms with Crippen molar-refractivity contribution in [1.29, 1.82) is 0 Å². The maximum atomic E-state index is 11.6. The lowest BCUT2D eigenvalue weighted by Crippen LogP contribution is -2.30. The standard InChI is InChI=1S/C14H19N3O2/c1-19-14(18)12-7-6-11(15)13(16-12)17(10-4-5-10)8-9-2-3-9/h6-7,9-10H,2-5,8,15H2,1H3. The van der Waals surface area contributed by atoms with Gasteiger partial charge in [0.05, 0.1) is 12.8 Å². The van der Waals surface area contributed by atoms with Crippen molar-refractivity contribution >= 4 is 17.5 Å². The Labute approximate surface area is 112 Å². The molecule has 0 bridgehead atoms. The lowest BCUT2D eigenvalue weighted by molar-refractivity contribution is 0.0594. The summed E-state index contributed by atoms with van der Waals surface area (Å²) < 4.78 is 4.72. The summed E-state index contributed by atoms with van der Waals surface area (Å²) in [5, 5.41) is 0. The van der Waals surface area contributed by atoms with Gasteiger partial charge in [-0.15, -0.1) is 0 Å². The van der Waals surface area contributed by atoms with E-state index < -0.39 is 5.97 Å². The van der Waals surface area contributed by atoms with E-state index in [4.69, 9.17) is 10.5 Å². The third-order valence-corrected chi connectivity index (χ3v) is 3.71. The Balaban J connectivity index is 1.89. The summed E-state index contributed by atoms with van der Waals surface area (Å²) >= 11 is 0. The summed E-state index contributed by atoms with van der Waals surface area (Å²) in [5.41, 5.74) is 7.00. The molecule has 0 aliphatic heterocycles. The Morgan fingerprint density at radius 1 is 1.42 bits per heavy atom. The number of carbonyl (C=O) groups excluding carboxylic acids is 1. The summed E-state index contributed by atoms with van der Waals surface area (Å²) in [6.07, 6.45) is 4.96. The van der Waals surface area contributed by atoms with E-state index in [1.807, 2.05) is 0 Å². The van der Waals surface area contributed by atoms with Crippen LogP contribution in [0.2, 0.25) is 0 Å². The lowest BCUT2D eigenvalue weighted by atomic mass is 10.2. The molecule has 0 amide bonds. The zero-order chi connectivity index (χ0) is 13.4. The van der Waals surface area contributed by atoms with Gasteiger partial charge in [0, 0.05) is 12.6 Å². The predicted molar refractivity (Wildman–Crippen MR) is 73.1 cm³/mol. The fourth-order valence-electron chi connectivity index (χ4n) is 2.28. The highest BCUT2D eigenvalue weighted by molar-refractivity contribution is 5.88. The van der Waals surface area contributed by atoms with E-state index in [1.54, 1.807) is 12.1 Å². The van der Waals surface area contributed by atoms with Crippen molar-refractivity contribution in [2.24, 2.45) is 5.92 Å². The highest BCUT2D eigenvalue weighted by atomic mass is 16.5. The molecule has 2 N–H and O–H groups in total. The van der Waals surface area contributed by atoms with E-state index in [1.165, 1.54) is 32.8 Å². The molecule has 1 aromatic heterocycles. The van der Waals surface area contributed by atoms with Crippen LogP contribution in [0, 0.1) is 5.92 Å². The average Bonchev–Trinajstić information content (AvgIpc) is 3.28. The highest BCUT2D eigenvalue weighted by Gasteiger charge is 2.35. The van der Waals surface area contributed by atoms with Gasteiger partial charge in [0.25, 0.3) is 0 Å². The number of esters is 1. The van der Waals surface area contributed by atoms with Gasteiger partial charge >= 0.3 is 5.97 Å². The second-order valence-corrected chi connectivity index (χ2v) is 5.43. The third-order valence-electron chi connectivity index (χ3n) is 3.71. The van der Waals surface area contributed by atoms with Gasteiger partial charge in [-0.1, -0.05) is 0 Å². The summed E-state index contributed by atoms with van der Waals surface area (Å²) in [6.45, 7) is 1.01. The number of nitrogens with zero attached hydrogens (tertiary/aromatic N) is 2. The first-order chi connectivity index (χ1) is 9.19. The number of pyridine rings is 1. The Kier molecular flexibility index (Phi) is 3.05. The number of nitrogen functional groups attached to an aromatic ring is 1. The maximum absolute atomic E-state index is 11.6. The number of rotatable bonds is 5. The minimum absolute atomic E-state index is 0.327. The van der Waals surface area contributed by atoms with E-state index in [0.717, 1.165) is 18.3 Å². The number of hydrogen-bond donors (Lipinski definition) is 1. The van der Waals surface area contributed by atoms with Crippen LogP contribution < -0.4 is 10.6 Å². The average molecular weight is 261 g/mol. The second-order valence-electron chi connectivity index (χ2n) is 5.43. The zero-order valence-corrected chi connectivity index (χ0v) is 11.1. The van der Waals surface area contributed by atoms with Gasteiger partial charge in [-0.3, -0.25) is 0 Å². The Morgan fingerprint density at radius 2 is 2.16 bits per heavy atom. The number of hydrogen-bond acceptors (Lipinski definition) is 5. The number of ether oxygens (including phenoxy) is 1. The predicted octanol–water partition coefficient (Wildman–Crippen LogP) is 1.83. The quantitative estimate of drug-likeness (QED) is 0.819. The fourth-order valence-corrected chi connectivity index (χ4v) is 2.28. The molecule has 2 fully saturated rings. The SMILES string of the molecule is COC(=O)c1ccc(N)c(N(CC2CC2)C2CC2)n1. The van der Waals surface area contributed by atoms with Crippen molar-refractivity contribution in [1.82, 2.24) is 4.98 Å². The Hall–Kier alpha value is -1.78. The molecule has 5 heteroatoms. The molecule has 0 atom stereocenters. The minimum Gasteiger partial charge on any atom is -0.464 e. The van der Waals surface area contributed by atoms with E-state index >= 15 is 0 Å². The van der Waals surface area contributed by atoms with Crippen LogP contribution in [-0.2, 0) is 4.74 Å². The molecule has 3 rings (SSSR count). The van der Waals surface area contributed by atoms with Gasteiger partial charge in [0.1, 0.15) is 0 Å². The number of nitrogens with two attached hydrogens (primary N) is 1. The first-order valence-electron chi connectivity index (χ1n) is 6.80. The van der Waals surface area contributed by atoms with Crippen molar-refractivity contribution in [3.8, 4) is 0 Å². The Bertz CT molecular complexity index is 495. The van der Waals surface area contributed by atoms with Crippen LogP contribution in [0.15, 0.2) is 12.1 Å². The zero-order valence-electron chi connectivity index (χ0n) is 11.1. The smallest absolute Gasteiger partial charge is 0.356 e. The van der Waals surface area contributed by atoms with E-state index in [-0.39, 0.29) is 0 Å². The topological polar surface area (TPSA) is 68.5 Å². The van der Waals surface area contributed by atoms with Gasteiger partial charge in [0.15, 0.2) is 11.5 Å². The summed E-state index contributed by atoms with van der Waals surface area (Å²) in [5.74, 6) is 1.10. The molecule has 0 unspecified atom stereocenters. The molecule has 1 heterocycles. The van der Waals surface area contributed by atoms with Gasteiger partial charge in [-0.05, 0) is 43.7 Å². The first kappa shape index (κ1) is 12.3. The van der Waals surface area contributed by atoms with Crippen LogP contribution in [-0.4, -0.2) is 30.6 Å². The van der Waals surface area contributed by atoms with Gasteiger partial charge < -0.3 is 15.4 Å². The molecular weight excluding hydrogens is 242 g/mol. The third kappa shape index (κ3) is 2.64. The monoisotopic (exact) mass is 261 g/mol. The number of methoxy groups -OCH3 is 1. The molecule has 2 aliphatic rings. The molecule has 2 saturated carbocycles. The van der Waals surface area contributed by atoms with Gasteiger partial charge in [-0.25, -0.2) is 9.78 Å². The number of anilines is 2. The van der Waals surface area contributed by atoms with Crippen LogP contribution in [0.5, 0.6) is 0 Å². The van der Waals surface area contributed by atoms with E-state index in [2.05, 4.69) is 9.88 Å². The summed E-state index contributed by atoms with van der Waals surface area (Å²) in [6, 6.07) is 3.91. The van der Waals surface area contributed by atoms with Gasteiger partial charge in [0.2, 0.25) is 0 Å². The molecule has 0 spiro atoms. The highest BCUT2D eigenvalue weighted by Crippen LogP contribution is 2.38. The van der Waals surface area contributed by atoms with Gasteiger partial charge in [-0.2, -0.15) is 0 Å². The minimum atomic E-state index is -0.414. The van der Waals surface area contributed by atoms with Crippen LogP contribution in [0.3, 0.4) is 0 Å². The van der Waals surface area contributed by atoms with Crippen LogP contribution >= 0.6 is 0 Å². The largest absolute Gasteiger partial charge is 0.464 e. The van der Waals surface area contributed by atoms with Crippen molar-refractivity contribution in [3.05, 3.63) is 17.8 Å². The lowest BCUT2D eigenvalue weighted by Gasteiger charge is -2.25. The van der Waals surface area contributed by atoms with E-state index in [9.17, 15) is 4.79 Å². The summed E-state index contributed by atoms with van der Waals surface area (Å²) in [7, 11) is 1.36. The van der Waals surface area contributed by atoms with Crippen molar-refractivity contribution < 1.29 is 9.53 Å². The van der Waals surface area contributed by atoms with E-state index in [0.29, 0.717) is 17.4 Å². The molecule has 19 heavy (non-hydrogen) atoms. The van der Waals surface area contributed by atoms with Crippen LogP contribution in [0.1, 0.15) is 36.2 Å². The molecule has 0 radical (unpaired) electrons. The molecule has 5 nitrogen and oxygen atoms in total. The molecule has 0 saturated heterocycles. The Morgan fingerprint density at radius 3 is 2.74 bits per heavy atom. The van der Waals surface area contributed by atoms with Crippen molar-refractivity contribution in [2.45, 2.75) is 31.7 Å². The van der Waals surface area contributed by atoms with Crippen molar-refractivity contribution in [2.75, 3.05) is 24.3 Å². The molecular formula is C14H19N3O2. The molecule has 2 aliphatic carbocycles. The molecule has 1 aromatic rings. The fraction of sp³-hybridized carbons (Fsp3) is 0.571. The first-order valence-corrected chi connectivity index (χ1v) is 6.80. The van der Waals surface area contributed by atoms with Crippen LogP contribution in [0.25, 0.3) is 0 Å². The second kappa shape index (κ2) is 4.72. The molecule has 0 aromatic carbocycles. The number of aromatic nitrogens is 1. The molecule has 102 valence electrons. The summed E-state index contributed by atoms with van der Waals surface area (Å²) in [4.78, 5) is 18.3. The number of carbonyl (C=O) groups is 1. The van der Waals surface area contributed by atoms with Crippen LogP contribution in [0.4, 0.5) is 11.5 Å². The maximum Gasteiger partial charge on any atom is 0.356 e.